The number of aromatic nitrogens is 2. The van der Waals surface area contributed by atoms with Gasteiger partial charge < -0.3 is 18.8 Å². The van der Waals surface area contributed by atoms with E-state index in [1.165, 1.54) is 11.8 Å². The van der Waals surface area contributed by atoms with Gasteiger partial charge in [-0.05, 0) is 24.3 Å². The average Bonchev–Trinajstić information content (AvgIpc) is 3.21. The van der Waals surface area contributed by atoms with Crippen molar-refractivity contribution in [1.82, 2.24) is 14.9 Å². The number of ether oxygens (including phenoxy) is 2. The lowest BCUT2D eigenvalue weighted by Crippen LogP contribution is -2.31. The molecule has 0 fully saturated rings. The molecule has 2 aromatic carbocycles. The number of amides is 1. The SMILES string of the molecule is COc1ccccc1OCCN(C)C(=O)c1oc2ccccc2c1CSc1ncccn1. The summed E-state index contributed by atoms with van der Waals surface area (Å²) in [7, 11) is 3.33. The third-order valence-corrected chi connectivity index (χ3v) is 5.78. The van der Waals surface area contributed by atoms with Crippen LogP contribution >= 0.6 is 11.8 Å². The first-order valence-corrected chi connectivity index (χ1v) is 11.1. The van der Waals surface area contributed by atoms with Crippen molar-refractivity contribution in [1.29, 1.82) is 0 Å². The van der Waals surface area contributed by atoms with Gasteiger partial charge in [0.2, 0.25) is 0 Å². The van der Waals surface area contributed by atoms with E-state index in [0.717, 1.165) is 10.9 Å². The van der Waals surface area contributed by atoms with Crippen LogP contribution in [0.1, 0.15) is 16.1 Å². The Morgan fingerprint density at radius 2 is 1.75 bits per heavy atom. The number of para-hydroxylation sites is 3. The second-order valence-corrected chi connectivity index (χ2v) is 7.89. The molecule has 0 radical (unpaired) electrons. The van der Waals surface area contributed by atoms with Crippen LogP contribution < -0.4 is 9.47 Å². The van der Waals surface area contributed by atoms with Crippen molar-refractivity contribution < 1.29 is 18.7 Å². The molecule has 4 aromatic rings. The first kappa shape index (κ1) is 21.7. The normalized spacial score (nSPS) is 10.8. The molecule has 0 saturated heterocycles. The minimum Gasteiger partial charge on any atom is -0.493 e. The van der Waals surface area contributed by atoms with Gasteiger partial charge in [-0.2, -0.15) is 0 Å². The van der Waals surface area contributed by atoms with Gasteiger partial charge in [-0.25, -0.2) is 9.97 Å². The van der Waals surface area contributed by atoms with E-state index in [0.29, 0.717) is 46.9 Å². The zero-order valence-electron chi connectivity index (χ0n) is 17.9. The van der Waals surface area contributed by atoms with Gasteiger partial charge in [0.15, 0.2) is 22.4 Å². The smallest absolute Gasteiger partial charge is 0.289 e. The fraction of sp³-hybridized carbons (Fsp3) is 0.208. The summed E-state index contributed by atoms with van der Waals surface area (Å²) < 4.78 is 17.1. The first-order valence-electron chi connectivity index (χ1n) is 10.1. The van der Waals surface area contributed by atoms with Crippen LogP contribution in [-0.2, 0) is 5.75 Å². The molecule has 2 aromatic heterocycles. The number of benzene rings is 2. The number of likely N-dealkylation sites (N-methyl/N-ethyl adjacent to an activating group) is 1. The van der Waals surface area contributed by atoms with Crippen LogP contribution in [0.15, 0.2) is 76.6 Å². The van der Waals surface area contributed by atoms with Crippen LogP contribution in [0.5, 0.6) is 11.5 Å². The molecule has 0 bridgehead atoms. The van der Waals surface area contributed by atoms with Gasteiger partial charge in [0.05, 0.1) is 13.7 Å². The molecule has 1 amide bonds. The van der Waals surface area contributed by atoms with Gasteiger partial charge >= 0.3 is 0 Å². The summed E-state index contributed by atoms with van der Waals surface area (Å²) in [6.07, 6.45) is 3.40. The molecule has 32 heavy (non-hydrogen) atoms. The van der Waals surface area contributed by atoms with Gasteiger partial charge in [-0.3, -0.25) is 4.79 Å². The van der Waals surface area contributed by atoms with E-state index in [2.05, 4.69) is 9.97 Å². The lowest BCUT2D eigenvalue weighted by Gasteiger charge is -2.17. The second kappa shape index (κ2) is 10.2. The topological polar surface area (TPSA) is 77.7 Å². The minimum absolute atomic E-state index is 0.200. The van der Waals surface area contributed by atoms with Crippen molar-refractivity contribution >= 4 is 28.6 Å². The third-order valence-electron chi connectivity index (χ3n) is 4.88. The predicted octanol–water partition coefficient (Wildman–Crippen LogP) is 4.67. The third kappa shape index (κ3) is 4.86. The largest absolute Gasteiger partial charge is 0.493 e. The molecular weight excluding hydrogens is 426 g/mol. The van der Waals surface area contributed by atoms with E-state index in [9.17, 15) is 4.79 Å². The Morgan fingerprint density at radius 1 is 1.03 bits per heavy atom. The number of fused-ring (bicyclic) bond motifs is 1. The first-order chi connectivity index (χ1) is 15.7. The van der Waals surface area contributed by atoms with Crippen molar-refractivity contribution in [2.75, 3.05) is 27.3 Å². The highest BCUT2D eigenvalue weighted by molar-refractivity contribution is 7.98. The lowest BCUT2D eigenvalue weighted by atomic mass is 10.1. The van der Waals surface area contributed by atoms with Crippen molar-refractivity contribution in [2.45, 2.75) is 10.9 Å². The Morgan fingerprint density at radius 3 is 2.53 bits per heavy atom. The summed E-state index contributed by atoms with van der Waals surface area (Å²) in [4.78, 5) is 23.3. The highest BCUT2D eigenvalue weighted by atomic mass is 32.2. The number of hydrogen-bond donors (Lipinski definition) is 0. The molecule has 0 aliphatic rings. The summed E-state index contributed by atoms with van der Waals surface area (Å²) in [5, 5.41) is 1.56. The number of methoxy groups -OCH3 is 1. The molecule has 4 rings (SSSR count). The maximum absolute atomic E-state index is 13.2. The van der Waals surface area contributed by atoms with Crippen LogP contribution in [0, 0.1) is 0 Å². The second-order valence-electron chi connectivity index (χ2n) is 6.95. The van der Waals surface area contributed by atoms with Gasteiger partial charge in [0, 0.05) is 36.1 Å². The number of carbonyl (C=O) groups excluding carboxylic acids is 1. The van der Waals surface area contributed by atoms with Crippen molar-refractivity contribution in [3.63, 3.8) is 0 Å². The number of carbonyl (C=O) groups is 1. The molecule has 7 nitrogen and oxygen atoms in total. The standard InChI is InChI=1S/C24H23N3O4S/c1-27(14-15-30-21-11-6-5-10-20(21)29-2)23(28)22-18(16-32-24-25-12-7-13-26-24)17-8-3-4-9-19(17)31-22/h3-13H,14-16H2,1-2H3. The van der Waals surface area contributed by atoms with Crippen LogP contribution in [0.4, 0.5) is 0 Å². The molecule has 0 aliphatic carbocycles. The number of rotatable bonds is 9. The molecular formula is C24H23N3O4S. The van der Waals surface area contributed by atoms with Crippen molar-refractivity contribution in [2.24, 2.45) is 0 Å². The monoisotopic (exact) mass is 449 g/mol. The summed E-state index contributed by atoms with van der Waals surface area (Å²) in [6, 6.07) is 16.8. The molecule has 164 valence electrons. The molecule has 8 heteroatoms. The number of hydrogen-bond acceptors (Lipinski definition) is 7. The van der Waals surface area contributed by atoms with E-state index >= 15 is 0 Å². The highest BCUT2D eigenvalue weighted by Gasteiger charge is 2.23. The maximum Gasteiger partial charge on any atom is 0.289 e. The highest BCUT2D eigenvalue weighted by Crippen LogP contribution is 2.31. The maximum atomic E-state index is 13.2. The Balaban J connectivity index is 1.48. The van der Waals surface area contributed by atoms with E-state index < -0.39 is 0 Å². The quantitative estimate of drug-likeness (QED) is 0.271. The van der Waals surface area contributed by atoms with Crippen molar-refractivity contribution in [3.05, 3.63) is 78.3 Å². The van der Waals surface area contributed by atoms with E-state index in [1.807, 2.05) is 48.5 Å². The molecule has 0 aliphatic heterocycles. The van der Waals surface area contributed by atoms with E-state index in [4.69, 9.17) is 13.9 Å². The zero-order valence-corrected chi connectivity index (χ0v) is 18.7. The number of nitrogens with zero attached hydrogens (tertiary/aromatic N) is 3. The van der Waals surface area contributed by atoms with Gasteiger partial charge in [-0.15, -0.1) is 0 Å². The summed E-state index contributed by atoms with van der Waals surface area (Å²) in [5.74, 6) is 1.94. The summed E-state index contributed by atoms with van der Waals surface area (Å²) in [5.41, 5.74) is 1.51. The summed E-state index contributed by atoms with van der Waals surface area (Å²) in [6.45, 7) is 0.715. The average molecular weight is 450 g/mol. The Kier molecular flexibility index (Phi) is 6.91. The lowest BCUT2D eigenvalue weighted by molar-refractivity contribution is 0.0743. The minimum atomic E-state index is -0.200. The fourth-order valence-electron chi connectivity index (χ4n) is 3.22. The van der Waals surface area contributed by atoms with Gasteiger partial charge in [0.1, 0.15) is 12.2 Å². The molecule has 0 spiro atoms. The molecule has 2 heterocycles. The Hall–Kier alpha value is -3.52. The molecule has 0 atom stereocenters. The number of thioether (sulfide) groups is 1. The van der Waals surface area contributed by atoms with Gasteiger partial charge in [0.25, 0.3) is 5.91 Å². The van der Waals surface area contributed by atoms with E-state index in [-0.39, 0.29) is 5.91 Å². The van der Waals surface area contributed by atoms with Gasteiger partial charge in [-0.1, -0.05) is 42.1 Å². The summed E-state index contributed by atoms with van der Waals surface area (Å²) >= 11 is 1.46. The Labute approximate surface area is 190 Å². The number of furan rings is 1. The molecule has 0 unspecified atom stereocenters. The Bertz CT molecular complexity index is 1200. The molecule has 0 N–H and O–H groups in total. The van der Waals surface area contributed by atoms with Crippen LogP contribution in [-0.4, -0.2) is 48.1 Å². The van der Waals surface area contributed by atoms with Crippen molar-refractivity contribution in [3.8, 4) is 11.5 Å². The van der Waals surface area contributed by atoms with Crippen LogP contribution in [0.2, 0.25) is 0 Å². The zero-order chi connectivity index (χ0) is 22.3. The van der Waals surface area contributed by atoms with Crippen LogP contribution in [0.3, 0.4) is 0 Å². The fourth-order valence-corrected chi connectivity index (χ4v) is 4.05. The predicted molar refractivity (Wildman–Crippen MR) is 123 cm³/mol. The molecule has 0 saturated carbocycles. The van der Waals surface area contributed by atoms with Crippen LogP contribution in [0.25, 0.3) is 11.0 Å². The van der Waals surface area contributed by atoms with E-state index in [1.54, 1.807) is 37.5 Å².